The van der Waals surface area contributed by atoms with Crippen LogP contribution in [0.15, 0.2) is 30.5 Å². The summed E-state index contributed by atoms with van der Waals surface area (Å²) in [7, 11) is 0. The van der Waals surface area contributed by atoms with Gasteiger partial charge >= 0.3 is 0 Å². The number of ether oxygens (including phenoxy) is 1. The average molecular weight is 257 g/mol. The molecule has 1 aromatic carbocycles. The predicted molar refractivity (Wildman–Crippen MR) is 73.8 cm³/mol. The summed E-state index contributed by atoms with van der Waals surface area (Å²) in [6.07, 6.45) is 3.05. The van der Waals surface area contributed by atoms with E-state index in [2.05, 4.69) is 10.3 Å². The number of pyridine rings is 1. The van der Waals surface area contributed by atoms with E-state index in [0.717, 1.165) is 23.9 Å². The molecule has 1 amide bonds. The number of nitrogens with one attached hydrogen (secondary N) is 1. The molecule has 2 aromatic rings. The molecule has 1 aromatic heterocycles. The summed E-state index contributed by atoms with van der Waals surface area (Å²) in [4.78, 5) is 16.3. The van der Waals surface area contributed by atoms with Gasteiger partial charge in [0.25, 0.3) is 5.91 Å². The van der Waals surface area contributed by atoms with E-state index in [4.69, 9.17) is 10.5 Å². The molecule has 1 unspecified atom stereocenters. The van der Waals surface area contributed by atoms with E-state index in [9.17, 15) is 4.79 Å². The van der Waals surface area contributed by atoms with Crippen molar-refractivity contribution in [3.63, 3.8) is 0 Å². The molecule has 1 fully saturated rings. The van der Waals surface area contributed by atoms with Crippen molar-refractivity contribution >= 4 is 28.2 Å². The van der Waals surface area contributed by atoms with Crippen LogP contribution in [0, 0.1) is 0 Å². The molecule has 0 spiro atoms. The molecule has 3 N–H and O–H groups in total. The van der Waals surface area contributed by atoms with Gasteiger partial charge in [0.15, 0.2) is 0 Å². The van der Waals surface area contributed by atoms with E-state index in [1.807, 2.05) is 12.1 Å². The van der Waals surface area contributed by atoms with Gasteiger partial charge in [-0.1, -0.05) is 0 Å². The Morgan fingerprint density at radius 3 is 3.11 bits per heavy atom. The standard InChI is InChI=1S/C14H15N3O2/c15-10-5-6-11(9-3-1-7-16-13(9)10)17-14(18)12-4-2-8-19-12/h1,3,5-7,12H,2,4,8,15H2,(H,17,18). The van der Waals surface area contributed by atoms with Gasteiger partial charge in [-0.2, -0.15) is 0 Å². The van der Waals surface area contributed by atoms with Crippen LogP contribution >= 0.6 is 0 Å². The maximum Gasteiger partial charge on any atom is 0.253 e. The summed E-state index contributed by atoms with van der Waals surface area (Å²) in [6.45, 7) is 0.655. The molecule has 1 atom stereocenters. The smallest absolute Gasteiger partial charge is 0.253 e. The fraction of sp³-hybridized carbons (Fsp3) is 0.286. The van der Waals surface area contributed by atoms with Crippen molar-refractivity contribution in [3.8, 4) is 0 Å². The molecule has 2 heterocycles. The number of benzene rings is 1. The average Bonchev–Trinajstić information content (AvgIpc) is 2.96. The van der Waals surface area contributed by atoms with Gasteiger partial charge in [-0.15, -0.1) is 0 Å². The number of carbonyl (C=O) groups is 1. The molecule has 0 saturated carbocycles. The molecule has 5 nitrogen and oxygen atoms in total. The second kappa shape index (κ2) is 4.85. The quantitative estimate of drug-likeness (QED) is 0.806. The van der Waals surface area contributed by atoms with E-state index in [-0.39, 0.29) is 12.0 Å². The Hall–Kier alpha value is -2.14. The molecule has 1 aliphatic heterocycles. The number of nitrogens with zero attached hydrogens (tertiary/aromatic N) is 1. The Bertz CT molecular complexity index is 621. The minimum atomic E-state index is -0.343. The zero-order valence-electron chi connectivity index (χ0n) is 10.4. The van der Waals surface area contributed by atoms with Crippen LogP contribution < -0.4 is 11.1 Å². The van der Waals surface area contributed by atoms with E-state index < -0.39 is 0 Å². The number of hydrogen-bond acceptors (Lipinski definition) is 4. The molecule has 0 radical (unpaired) electrons. The lowest BCUT2D eigenvalue weighted by atomic mass is 10.1. The normalized spacial score (nSPS) is 18.6. The van der Waals surface area contributed by atoms with Crippen molar-refractivity contribution in [3.05, 3.63) is 30.5 Å². The second-order valence-electron chi connectivity index (χ2n) is 4.59. The summed E-state index contributed by atoms with van der Waals surface area (Å²) in [5, 5.41) is 3.74. The Morgan fingerprint density at radius 1 is 1.42 bits per heavy atom. The summed E-state index contributed by atoms with van der Waals surface area (Å²) in [5.41, 5.74) is 7.90. The van der Waals surface area contributed by atoms with Crippen molar-refractivity contribution in [1.82, 2.24) is 4.98 Å². The van der Waals surface area contributed by atoms with Crippen molar-refractivity contribution in [1.29, 1.82) is 0 Å². The van der Waals surface area contributed by atoms with Crippen molar-refractivity contribution < 1.29 is 9.53 Å². The van der Waals surface area contributed by atoms with Gasteiger partial charge in [0.2, 0.25) is 0 Å². The molecule has 98 valence electrons. The molecule has 3 rings (SSSR count). The van der Waals surface area contributed by atoms with Gasteiger partial charge in [-0.3, -0.25) is 9.78 Å². The lowest BCUT2D eigenvalue weighted by Gasteiger charge is -2.12. The molecule has 5 heteroatoms. The first-order valence-electron chi connectivity index (χ1n) is 6.31. The van der Waals surface area contributed by atoms with E-state index in [1.54, 1.807) is 18.3 Å². The van der Waals surface area contributed by atoms with Crippen LogP contribution in [0.3, 0.4) is 0 Å². The van der Waals surface area contributed by atoms with Crippen LogP contribution in [-0.2, 0) is 9.53 Å². The first-order chi connectivity index (χ1) is 9.25. The summed E-state index contributed by atoms with van der Waals surface area (Å²) in [6, 6.07) is 7.26. The lowest BCUT2D eigenvalue weighted by molar-refractivity contribution is -0.124. The van der Waals surface area contributed by atoms with Gasteiger partial charge in [0.1, 0.15) is 6.10 Å². The number of nitrogens with two attached hydrogens (primary N) is 1. The monoisotopic (exact) mass is 257 g/mol. The number of anilines is 2. The second-order valence-corrected chi connectivity index (χ2v) is 4.59. The highest BCUT2D eigenvalue weighted by Crippen LogP contribution is 2.27. The fourth-order valence-corrected chi connectivity index (χ4v) is 2.30. The third-order valence-corrected chi connectivity index (χ3v) is 3.28. The maximum absolute atomic E-state index is 12.1. The minimum Gasteiger partial charge on any atom is -0.397 e. The minimum absolute atomic E-state index is 0.104. The van der Waals surface area contributed by atoms with Crippen LogP contribution in [0.4, 0.5) is 11.4 Å². The summed E-state index contributed by atoms with van der Waals surface area (Å²) >= 11 is 0. The third kappa shape index (κ3) is 2.24. The Balaban J connectivity index is 1.92. The Labute approximate surface area is 110 Å². The third-order valence-electron chi connectivity index (χ3n) is 3.28. The zero-order valence-corrected chi connectivity index (χ0v) is 10.4. The number of carbonyl (C=O) groups excluding carboxylic acids is 1. The summed E-state index contributed by atoms with van der Waals surface area (Å²) < 4.78 is 5.37. The van der Waals surface area contributed by atoms with Crippen LogP contribution in [0.25, 0.3) is 10.9 Å². The topological polar surface area (TPSA) is 77.2 Å². The van der Waals surface area contributed by atoms with Crippen LogP contribution in [0.2, 0.25) is 0 Å². The summed E-state index contributed by atoms with van der Waals surface area (Å²) in [5.74, 6) is -0.104. The van der Waals surface area contributed by atoms with Crippen molar-refractivity contribution in [2.75, 3.05) is 17.7 Å². The zero-order chi connectivity index (χ0) is 13.2. The molecular formula is C14H15N3O2. The van der Waals surface area contributed by atoms with Gasteiger partial charge < -0.3 is 15.8 Å². The highest BCUT2D eigenvalue weighted by Gasteiger charge is 2.24. The predicted octanol–water partition coefficient (Wildman–Crippen LogP) is 1.93. The van der Waals surface area contributed by atoms with E-state index >= 15 is 0 Å². The Kier molecular flexibility index (Phi) is 3.05. The molecule has 0 aliphatic carbocycles. The molecular weight excluding hydrogens is 242 g/mol. The molecule has 19 heavy (non-hydrogen) atoms. The molecule has 1 aliphatic rings. The van der Waals surface area contributed by atoms with Gasteiger partial charge in [0.05, 0.1) is 16.9 Å². The number of rotatable bonds is 2. The van der Waals surface area contributed by atoms with Gasteiger partial charge in [-0.05, 0) is 37.1 Å². The fourth-order valence-electron chi connectivity index (χ4n) is 2.30. The Morgan fingerprint density at radius 2 is 2.32 bits per heavy atom. The van der Waals surface area contributed by atoms with Crippen LogP contribution in [0.1, 0.15) is 12.8 Å². The SMILES string of the molecule is Nc1ccc(NC(=O)C2CCCO2)c2cccnc12. The maximum atomic E-state index is 12.1. The number of amides is 1. The number of fused-ring (bicyclic) bond motifs is 1. The first kappa shape index (κ1) is 11.9. The van der Waals surface area contributed by atoms with E-state index in [0.29, 0.717) is 17.8 Å². The van der Waals surface area contributed by atoms with Gasteiger partial charge in [-0.25, -0.2) is 0 Å². The van der Waals surface area contributed by atoms with Crippen LogP contribution in [0.5, 0.6) is 0 Å². The first-order valence-corrected chi connectivity index (χ1v) is 6.31. The lowest BCUT2D eigenvalue weighted by Crippen LogP contribution is -2.26. The van der Waals surface area contributed by atoms with Crippen LogP contribution in [-0.4, -0.2) is 23.6 Å². The number of aromatic nitrogens is 1. The highest BCUT2D eigenvalue weighted by molar-refractivity contribution is 6.05. The largest absolute Gasteiger partial charge is 0.397 e. The number of hydrogen-bond donors (Lipinski definition) is 2. The molecule has 0 bridgehead atoms. The van der Waals surface area contributed by atoms with Crippen molar-refractivity contribution in [2.45, 2.75) is 18.9 Å². The molecule has 1 saturated heterocycles. The highest BCUT2D eigenvalue weighted by atomic mass is 16.5. The van der Waals surface area contributed by atoms with E-state index in [1.165, 1.54) is 0 Å². The van der Waals surface area contributed by atoms with Gasteiger partial charge in [0, 0.05) is 18.2 Å². The number of nitrogen functional groups attached to an aromatic ring is 1. The van der Waals surface area contributed by atoms with Crippen molar-refractivity contribution in [2.24, 2.45) is 0 Å².